The highest BCUT2D eigenvalue weighted by molar-refractivity contribution is 7.89. The number of carbonyl (C=O) groups excluding carboxylic acids is 1. The van der Waals surface area contributed by atoms with Crippen molar-refractivity contribution in [2.45, 2.75) is 4.90 Å². The van der Waals surface area contributed by atoms with Gasteiger partial charge in [0, 0.05) is 28.7 Å². The molecular formula is C17H15Cl3N2O4S. The maximum absolute atomic E-state index is 12.8. The Hall–Kier alpha value is -1.35. The molecule has 0 radical (unpaired) electrons. The Labute approximate surface area is 172 Å². The number of sulfonamides is 1. The van der Waals surface area contributed by atoms with Crippen LogP contribution in [0, 0.1) is 0 Å². The van der Waals surface area contributed by atoms with E-state index in [2.05, 4.69) is 5.32 Å². The van der Waals surface area contributed by atoms with Crippen LogP contribution >= 0.6 is 34.8 Å². The van der Waals surface area contributed by atoms with Gasteiger partial charge in [0.25, 0.3) is 5.91 Å². The highest BCUT2D eigenvalue weighted by Gasteiger charge is 2.27. The first-order valence-corrected chi connectivity index (χ1v) is 10.5. The van der Waals surface area contributed by atoms with Crippen molar-refractivity contribution in [2.75, 3.05) is 31.6 Å². The van der Waals surface area contributed by atoms with Crippen LogP contribution < -0.4 is 5.32 Å². The van der Waals surface area contributed by atoms with E-state index in [0.29, 0.717) is 23.3 Å². The summed E-state index contributed by atoms with van der Waals surface area (Å²) in [7, 11) is -3.71. The van der Waals surface area contributed by atoms with Crippen LogP contribution in [0.3, 0.4) is 0 Å². The van der Waals surface area contributed by atoms with Gasteiger partial charge in [0.2, 0.25) is 10.0 Å². The minimum Gasteiger partial charge on any atom is -0.379 e. The van der Waals surface area contributed by atoms with Crippen molar-refractivity contribution >= 4 is 56.4 Å². The van der Waals surface area contributed by atoms with Crippen LogP contribution in [0.2, 0.25) is 15.1 Å². The predicted octanol–water partition coefficient (Wildman–Crippen LogP) is 3.92. The zero-order valence-corrected chi connectivity index (χ0v) is 17.0. The smallest absolute Gasteiger partial charge is 0.255 e. The molecule has 10 heteroatoms. The molecule has 2 aromatic rings. The predicted molar refractivity (Wildman–Crippen MR) is 105 cm³/mol. The van der Waals surface area contributed by atoms with Crippen molar-refractivity contribution in [1.29, 1.82) is 0 Å². The Morgan fingerprint density at radius 1 is 1.00 bits per heavy atom. The van der Waals surface area contributed by atoms with Gasteiger partial charge >= 0.3 is 0 Å². The second-order valence-electron chi connectivity index (χ2n) is 5.77. The van der Waals surface area contributed by atoms with Gasteiger partial charge < -0.3 is 10.1 Å². The van der Waals surface area contributed by atoms with E-state index in [1.54, 1.807) is 0 Å². The lowest BCUT2D eigenvalue weighted by molar-refractivity contribution is 0.0730. The first-order valence-electron chi connectivity index (χ1n) is 7.92. The lowest BCUT2D eigenvalue weighted by Crippen LogP contribution is -2.40. The molecule has 1 saturated heterocycles. The highest BCUT2D eigenvalue weighted by atomic mass is 35.5. The van der Waals surface area contributed by atoms with E-state index in [4.69, 9.17) is 39.5 Å². The molecule has 1 N–H and O–H groups in total. The Morgan fingerprint density at radius 3 is 2.26 bits per heavy atom. The first-order chi connectivity index (χ1) is 12.8. The SMILES string of the molecule is O=C(Nc1cc(S(=O)(=O)N2CCOCC2)ccc1Cl)c1cc(Cl)cc(Cl)c1. The topological polar surface area (TPSA) is 75.7 Å². The van der Waals surface area contributed by atoms with Crippen LogP contribution in [0.4, 0.5) is 5.69 Å². The largest absolute Gasteiger partial charge is 0.379 e. The number of nitrogens with one attached hydrogen (secondary N) is 1. The summed E-state index contributed by atoms with van der Waals surface area (Å²) in [4.78, 5) is 12.5. The zero-order valence-electron chi connectivity index (χ0n) is 13.9. The summed E-state index contributed by atoms with van der Waals surface area (Å²) in [5, 5.41) is 3.42. The molecule has 1 fully saturated rings. The van der Waals surface area contributed by atoms with Gasteiger partial charge in [-0.05, 0) is 36.4 Å². The third-order valence-electron chi connectivity index (χ3n) is 3.92. The minimum atomic E-state index is -3.71. The van der Waals surface area contributed by atoms with E-state index in [1.807, 2.05) is 0 Å². The summed E-state index contributed by atoms with van der Waals surface area (Å²) < 4.78 is 32.1. The third kappa shape index (κ3) is 4.74. The Kier molecular flexibility index (Phi) is 6.30. The second kappa shape index (κ2) is 8.34. The molecule has 2 aromatic carbocycles. The number of rotatable bonds is 4. The number of amides is 1. The number of anilines is 1. The number of morpholine rings is 1. The molecule has 0 bridgehead atoms. The molecule has 0 unspecified atom stereocenters. The number of halogens is 3. The van der Waals surface area contributed by atoms with Gasteiger partial charge in [-0.2, -0.15) is 4.31 Å². The first kappa shape index (κ1) is 20.4. The van der Waals surface area contributed by atoms with Gasteiger partial charge in [0.05, 0.1) is 28.8 Å². The summed E-state index contributed by atoms with van der Waals surface area (Å²) in [6.07, 6.45) is 0. The quantitative estimate of drug-likeness (QED) is 0.767. The zero-order chi connectivity index (χ0) is 19.6. The third-order valence-corrected chi connectivity index (χ3v) is 6.58. The van der Waals surface area contributed by atoms with Crippen LogP contribution in [0.5, 0.6) is 0 Å². The molecule has 6 nitrogen and oxygen atoms in total. The fourth-order valence-electron chi connectivity index (χ4n) is 2.58. The van der Waals surface area contributed by atoms with Crippen LogP contribution in [-0.4, -0.2) is 44.9 Å². The molecule has 1 amide bonds. The molecule has 0 spiro atoms. The molecule has 3 rings (SSSR count). The normalized spacial score (nSPS) is 15.5. The summed E-state index contributed by atoms with van der Waals surface area (Å²) >= 11 is 18.0. The Morgan fingerprint density at radius 2 is 1.63 bits per heavy atom. The van der Waals surface area contributed by atoms with Gasteiger partial charge in [-0.15, -0.1) is 0 Å². The van der Waals surface area contributed by atoms with Crippen LogP contribution in [0.1, 0.15) is 10.4 Å². The number of nitrogens with zero attached hydrogens (tertiary/aromatic N) is 1. The van der Waals surface area contributed by atoms with Gasteiger partial charge in [0.1, 0.15) is 0 Å². The van der Waals surface area contributed by atoms with Gasteiger partial charge in [-0.3, -0.25) is 4.79 Å². The van der Waals surface area contributed by atoms with E-state index >= 15 is 0 Å². The highest BCUT2D eigenvalue weighted by Crippen LogP contribution is 2.28. The van der Waals surface area contributed by atoms with Gasteiger partial charge in [-0.25, -0.2) is 8.42 Å². The lowest BCUT2D eigenvalue weighted by atomic mass is 10.2. The lowest BCUT2D eigenvalue weighted by Gasteiger charge is -2.26. The van der Waals surface area contributed by atoms with Crippen molar-refractivity contribution < 1.29 is 17.9 Å². The molecular weight excluding hydrogens is 435 g/mol. The maximum Gasteiger partial charge on any atom is 0.255 e. The van der Waals surface area contributed by atoms with Crippen LogP contribution in [0.25, 0.3) is 0 Å². The Bertz CT molecular complexity index is 956. The fourth-order valence-corrected chi connectivity index (χ4v) is 4.70. The number of hydrogen-bond acceptors (Lipinski definition) is 4. The summed E-state index contributed by atoms with van der Waals surface area (Å²) in [6.45, 7) is 1.22. The maximum atomic E-state index is 12.8. The molecule has 1 heterocycles. The molecule has 1 aliphatic heterocycles. The summed E-state index contributed by atoms with van der Waals surface area (Å²) in [6, 6.07) is 8.56. The molecule has 0 aromatic heterocycles. The van der Waals surface area contributed by atoms with Gasteiger partial charge in [-0.1, -0.05) is 34.8 Å². The van der Waals surface area contributed by atoms with Crippen molar-refractivity contribution in [2.24, 2.45) is 0 Å². The van der Waals surface area contributed by atoms with Crippen molar-refractivity contribution in [3.63, 3.8) is 0 Å². The fraction of sp³-hybridized carbons (Fsp3) is 0.235. The number of hydrogen-bond donors (Lipinski definition) is 1. The molecule has 1 aliphatic rings. The molecule has 27 heavy (non-hydrogen) atoms. The van der Waals surface area contributed by atoms with Crippen molar-refractivity contribution in [3.05, 3.63) is 57.0 Å². The number of benzene rings is 2. The second-order valence-corrected chi connectivity index (χ2v) is 8.99. The average molecular weight is 450 g/mol. The van der Waals surface area contributed by atoms with Crippen LogP contribution in [-0.2, 0) is 14.8 Å². The molecule has 0 aliphatic carbocycles. The van der Waals surface area contributed by atoms with Crippen molar-refractivity contribution in [3.8, 4) is 0 Å². The molecule has 0 saturated carbocycles. The monoisotopic (exact) mass is 448 g/mol. The summed E-state index contributed by atoms with van der Waals surface area (Å²) in [5.41, 5.74) is 0.400. The number of carbonyl (C=O) groups is 1. The summed E-state index contributed by atoms with van der Waals surface area (Å²) in [5.74, 6) is -0.512. The van der Waals surface area contributed by atoms with E-state index in [1.165, 1.54) is 40.7 Å². The van der Waals surface area contributed by atoms with Crippen molar-refractivity contribution in [1.82, 2.24) is 4.31 Å². The number of ether oxygens (including phenoxy) is 1. The standard InChI is InChI=1S/C17H15Cl3N2O4S/c18-12-7-11(8-13(19)9-12)17(23)21-16-10-14(1-2-15(16)20)27(24,25)22-3-5-26-6-4-22/h1-2,7-10H,3-6H2,(H,21,23). The Balaban J connectivity index is 1.88. The molecule has 144 valence electrons. The molecule has 0 atom stereocenters. The van der Waals surface area contributed by atoms with E-state index in [-0.39, 0.29) is 34.3 Å². The van der Waals surface area contributed by atoms with E-state index in [9.17, 15) is 13.2 Å². The minimum absolute atomic E-state index is 0.0354. The van der Waals surface area contributed by atoms with Gasteiger partial charge in [0.15, 0.2) is 0 Å². The van der Waals surface area contributed by atoms with E-state index in [0.717, 1.165) is 0 Å². The van der Waals surface area contributed by atoms with E-state index < -0.39 is 15.9 Å². The van der Waals surface area contributed by atoms with Crippen LogP contribution in [0.15, 0.2) is 41.3 Å². The average Bonchev–Trinajstić information content (AvgIpc) is 2.63.